The van der Waals surface area contributed by atoms with Gasteiger partial charge in [0.2, 0.25) is 11.8 Å². The van der Waals surface area contributed by atoms with Crippen molar-refractivity contribution in [1.29, 1.82) is 0 Å². The van der Waals surface area contributed by atoms with E-state index in [0.717, 1.165) is 25.7 Å². The van der Waals surface area contributed by atoms with Crippen LogP contribution in [0.1, 0.15) is 220 Å². The predicted molar refractivity (Wildman–Crippen MR) is 197 cm³/mol. The number of rotatable bonds is 33. The Morgan fingerprint density at radius 2 is 0.540 bits per heavy atom. The van der Waals surface area contributed by atoms with Crippen molar-refractivity contribution in [2.75, 3.05) is 13.1 Å². The summed E-state index contributed by atoms with van der Waals surface area (Å²) in [6.07, 6.45) is 35.8. The van der Waals surface area contributed by atoms with Gasteiger partial charge >= 0.3 is 59.1 Å². The van der Waals surface area contributed by atoms with Crippen molar-refractivity contribution in [3.05, 3.63) is 0 Å². The fourth-order valence-electron chi connectivity index (χ4n) is 5.19. The summed E-state index contributed by atoms with van der Waals surface area (Å²) in [6.45, 7) is 8.71. The average molecular weight is 729 g/mol. The maximum atomic E-state index is 12.0. The molecule has 0 heterocycles. The summed E-state index contributed by atoms with van der Waals surface area (Å²) >= 11 is 0. The molecule has 0 spiro atoms. The zero-order valence-corrected chi connectivity index (χ0v) is 38.1. The van der Waals surface area contributed by atoms with Gasteiger partial charge in [-0.3, -0.25) is 9.59 Å². The first-order valence-corrected chi connectivity index (χ1v) is 20.2. The second kappa shape index (κ2) is 53.2. The van der Waals surface area contributed by atoms with Crippen molar-refractivity contribution in [1.82, 2.24) is 10.6 Å². The summed E-state index contributed by atoms with van der Waals surface area (Å²) in [6, 6.07) is 0. The first-order chi connectivity index (χ1) is 23.2. The van der Waals surface area contributed by atoms with Crippen LogP contribution < -0.4 is 80.0 Å². The number of hydrogen-bond donors (Lipinski definition) is 2. The van der Waals surface area contributed by atoms with Gasteiger partial charge in [-0.1, -0.05) is 182 Å². The standard InChI is InChI=1S/C34H68N2O2.2C3H6O2.2Na/c1-3-5-7-9-11-13-15-17-19-21-23-25-27-29-33(37)35-31-32-36-34(38)30-28-26-24-22-20-18-16-14-12-10-8-6-4-2;2*1-2-3(4)5;;/h3-32H2,1-2H3,(H,35,37)(H,36,38);2*2H2,1H3,(H,4,5);;/q;;;2*+1/p-2. The Kier molecular flexibility index (Phi) is 63.0. The number of carbonyl (C=O) groups excluding carboxylic acids is 4. The number of aliphatic carboxylic acids is 2. The van der Waals surface area contributed by atoms with Crippen LogP contribution in [-0.4, -0.2) is 36.8 Å². The fourth-order valence-corrected chi connectivity index (χ4v) is 5.19. The number of carboxylic acid groups (broad SMARTS) is 2. The van der Waals surface area contributed by atoms with Gasteiger partial charge in [0.15, 0.2) is 0 Å². The maximum absolute atomic E-state index is 12.0. The van der Waals surface area contributed by atoms with Crippen molar-refractivity contribution < 1.29 is 88.5 Å². The molecule has 286 valence electrons. The van der Waals surface area contributed by atoms with E-state index >= 15 is 0 Å². The van der Waals surface area contributed by atoms with Crippen LogP contribution in [0.15, 0.2) is 0 Å². The van der Waals surface area contributed by atoms with Crippen LogP contribution in [0.25, 0.3) is 0 Å². The van der Waals surface area contributed by atoms with Crippen LogP contribution in [-0.2, 0) is 19.2 Å². The molecule has 0 bridgehead atoms. The van der Waals surface area contributed by atoms with Crippen LogP contribution in [0, 0.1) is 0 Å². The third-order valence-corrected chi connectivity index (χ3v) is 8.36. The van der Waals surface area contributed by atoms with Crippen molar-refractivity contribution in [2.24, 2.45) is 0 Å². The SMILES string of the molecule is CCC(=O)[O-].CCC(=O)[O-].CCCCCCCCCCCCCCCC(=O)NCCNC(=O)CCCCCCCCCCCCCCC.[Na+].[Na+]. The van der Waals surface area contributed by atoms with E-state index in [0.29, 0.717) is 25.9 Å². The molecule has 10 heteroatoms. The summed E-state index contributed by atoms with van der Waals surface area (Å²) in [7, 11) is 0. The molecule has 2 amide bonds. The molecule has 0 aliphatic rings. The number of nitrogens with one attached hydrogen (secondary N) is 2. The summed E-state index contributed by atoms with van der Waals surface area (Å²) in [5, 5.41) is 24.4. The molecule has 0 aromatic heterocycles. The van der Waals surface area contributed by atoms with E-state index in [1.54, 1.807) is 0 Å². The Labute approximate surface area is 353 Å². The first-order valence-electron chi connectivity index (χ1n) is 20.2. The third-order valence-electron chi connectivity index (χ3n) is 8.36. The molecule has 2 N–H and O–H groups in total. The Hall–Kier alpha value is -0.120. The van der Waals surface area contributed by atoms with Crippen LogP contribution >= 0.6 is 0 Å². The van der Waals surface area contributed by atoms with E-state index in [1.807, 2.05) is 0 Å². The van der Waals surface area contributed by atoms with Gasteiger partial charge in [0.25, 0.3) is 0 Å². The summed E-state index contributed by atoms with van der Waals surface area (Å²) in [4.78, 5) is 42.5. The van der Waals surface area contributed by atoms with Crippen molar-refractivity contribution in [3.8, 4) is 0 Å². The van der Waals surface area contributed by atoms with Crippen LogP contribution in [0.4, 0.5) is 0 Å². The van der Waals surface area contributed by atoms with Crippen LogP contribution in [0.3, 0.4) is 0 Å². The molecule has 0 radical (unpaired) electrons. The molecule has 8 nitrogen and oxygen atoms in total. The minimum atomic E-state index is -0.995. The number of amides is 2. The monoisotopic (exact) mass is 729 g/mol. The van der Waals surface area contributed by atoms with Crippen molar-refractivity contribution in [3.63, 3.8) is 0 Å². The molecule has 0 unspecified atom stereocenters. The molecule has 50 heavy (non-hydrogen) atoms. The molecular formula is C40H78N2Na2O6. The molecule has 0 atom stereocenters. The molecule has 0 saturated carbocycles. The minimum Gasteiger partial charge on any atom is -0.550 e. The fraction of sp³-hybridized carbons (Fsp3) is 0.900. The van der Waals surface area contributed by atoms with Crippen molar-refractivity contribution >= 4 is 23.8 Å². The van der Waals surface area contributed by atoms with Gasteiger partial charge in [-0.05, 0) is 25.7 Å². The summed E-state index contributed by atoms with van der Waals surface area (Å²) < 4.78 is 0. The molecule has 0 saturated heterocycles. The van der Waals surface area contributed by atoms with Gasteiger partial charge in [0.1, 0.15) is 0 Å². The minimum absolute atomic E-state index is 0. The predicted octanol–water partition coefficient (Wildman–Crippen LogP) is 2.48. The largest absolute Gasteiger partial charge is 1.00 e. The van der Waals surface area contributed by atoms with Crippen LogP contribution in [0.2, 0.25) is 0 Å². The molecule has 0 aromatic rings. The normalized spacial score (nSPS) is 9.92. The molecule has 0 aliphatic carbocycles. The van der Waals surface area contributed by atoms with Gasteiger partial charge in [-0.25, -0.2) is 0 Å². The molecule has 0 aromatic carbocycles. The van der Waals surface area contributed by atoms with Crippen molar-refractivity contribution in [2.45, 2.75) is 220 Å². The van der Waals surface area contributed by atoms with E-state index < -0.39 is 11.9 Å². The van der Waals surface area contributed by atoms with E-state index in [2.05, 4.69) is 24.5 Å². The van der Waals surface area contributed by atoms with Crippen LogP contribution in [0.5, 0.6) is 0 Å². The Morgan fingerprint density at radius 3 is 0.720 bits per heavy atom. The van der Waals surface area contributed by atoms with Gasteiger partial charge in [0, 0.05) is 37.9 Å². The summed E-state index contributed by atoms with van der Waals surface area (Å²) in [5.74, 6) is -1.74. The number of carboxylic acids is 2. The van der Waals surface area contributed by atoms with E-state index in [1.165, 1.54) is 155 Å². The second-order valence-corrected chi connectivity index (χ2v) is 13.1. The van der Waals surface area contributed by atoms with Gasteiger partial charge < -0.3 is 30.4 Å². The Bertz CT molecular complexity index is 655. The van der Waals surface area contributed by atoms with Gasteiger partial charge in [-0.15, -0.1) is 0 Å². The van der Waals surface area contributed by atoms with Gasteiger partial charge in [-0.2, -0.15) is 0 Å². The van der Waals surface area contributed by atoms with Gasteiger partial charge in [0.05, 0.1) is 0 Å². The maximum Gasteiger partial charge on any atom is 1.00 e. The average Bonchev–Trinajstić information content (AvgIpc) is 3.07. The first kappa shape index (κ1) is 59.2. The van der Waals surface area contributed by atoms with E-state index in [-0.39, 0.29) is 83.8 Å². The quantitative estimate of drug-likeness (QED) is 0.0788. The Morgan fingerprint density at radius 1 is 0.360 bits per heavy atom. The Balaban J connectivity index is -0.000000489. The zero-order valence-electron chi connectivity index (χ0n) is 34.1. The summed E-state index contributed by atoms with van der Waals surface area (Å²) in [5.41, 5.74) is 0. The number of hydrogen-bond acceptors (Lipinski definition) is 6. The third kappa shape index (κ3) is 63.0. The number of carbonyl (C=O) groups is 4. The second-order valence-electron chi connectivity index (χ2n) is 13.1. The molecule has 0 rings (SSSR count). The molecular weight excluding hydrogens is 650 g/mol. The zero-order chi connectivity index (χ0) is 36.4. The van der Waals surface area contributed by atoms with E-state index in [4.69, 9.17) is 0 Å². The smallest absolute Gasteiger partial charge is 0.550 e. The topological polar surface area (TPSA) is 138 Å². The molecule has 0 aliphatic heterocycles. The number of unbranched alkanes of at least 4 members (excludes halogenated alkanes) is 24. The van der Waals surface area contributed by atoms with E-state index in [9.17, 15) is 29.4 Å². The molecule has 0 fully saturated rings.